The number of nitrogens with one attached hydrogen (secondary N) is 1. The van der Waals surface area contributed by atoms with Crippen LogP contribution < -0.4 is 5.32 Å². The van der Waals surface area contributed by atoms with Crippen molar-refractivity contribution in [3.8, 4) is 11.8 Å². The minimum Gasteiger partial charge on any atom is -0.302 e. The van der Waals surface area contributed by atoms with E-state index in [1.807, 2.05) is 0 Å². The summed E-state index contributed by atoms with van der Waals surface area (Å²) in [5, 5.41) is 3.49. The van der Waals surface area contributed by atoms with Gasteiger partial charge in [0.05, 0.1) is 6.54 Å². The highest BCUT2D eigenvalue weighted by Gasteiger charge is 2.12. The summed E-state index contributed by atoms with van der Waals surface area (Å²) in [7, 11) is 0. The van der Waals surface area contributed by atoms with E-state index in [2.05, 4.69) is 49.8 Å². The zero-order valence-corrected chi connectivity index (χ0v) is 12.0. The van der Waals surface area contributed by atoms with Crippen LogP contribution in [0.25, 0.3) is 0 Å². The Morgan fingerprint density at radius 2 is 1.82 bits per heavy atom. The largest absolute Gasteiger partial charge is 0.302 e. The van der Waals surface area contributed by atoms with Crippen LogP contribution in [0.3, 0.4) is 0 Å². The van der Waals surface area contributed by atoms with Gasteiger partial charge in [-0.15, -0.1) is 0 Å². The van der Waals surface area contributed by atoms with Crippen molar-refractivity contribution in [2.24, 2.45) is 5.41 Å². The predicted octanol–water partition coefficient (Wildman–Crippen LogP) is 2.50. The minimum absolute atomic E-state index is 0.123. The fourth-order valence-corrected chi connectivity index (χ4v) is 2.13. The molecule has 1 rings (SSSR count). The molecular weight excluding hydrogens is 208 g/mol. The van der Waals surface area contributed by atoms with Gasteiger partial charge in [-0.05, 0) is 53.6 Å². The van der Waals surface area contributed by atoms with Gasteiger partial charge >= 0.3 is 0 Å². The molecule has 1 unspecified atom stereocenters. The van der Waals surface area contributed by atoms with Crippen LogP contribution in [0.1, 0.15) is 47.0 Å². The minimum atomic E-state index is 0.123. The molecule has 0 amide bonds. The first-order valence-electron chi connectivity index (χ1n) is 6.93. The molecule has 1 N–H and O–H groups in total. The average molecular weight is 236 g/mol. The molecule has 98 valence electrons. The standard InChI is InChI=1S/C15H28N2/c1-14(13-17-11-6-5-7-12-17)16-10-8-9-15(2,3)4/h14,16H,5-7,10-13H2,1-4H3. The number of likely N-dealkylation sites (tertiary alicyclic amines) is 1. The fourth-order valence-electron chi connectivity index (χ4n) is 2.13. The summed E-state index contributed by atoms with van der Waals surface area (Å²) in [5.41, 5.74) is 0.123. The normalized spacial score (nSPS) is 19.5. The summed E-state index contributed by atoms with van der Waals surface area (Å²) in [6.45, 7) is 13.2. The van der Waals surface area contributed by atoms with Gasteiger partial charge in [0, 0.05) is 18.0 Å². The second-order valence-corrected chi connectivity index (χ2v) is 6.19. The summed E-state index contributed by atoms with van der Waals surface area (Å²) in [5.74, 6) is 6.47. The van der Waals surface area contributed by atoms with Gasteiger partial charge in [-0.2, -0.15) is 0 Å². The van der Waals surface area contributed by atoms with Crippen molar-refractivity contribution < 1.29 is 0 Å². The monoisotopic (exact) mass is 236 g/mol. The van der Waals surface area contributed by atoms with Gasteiger partial charge < -0.3 is 10.2 Å². The molecule has 1 fully saturated rings. The van der Waals surface area contributed by atoms with Crippen molar-refractivity contribution in [1.82, 2.24) is 10.2 Å². The Morgan fingerprint density at radius 1 is 1.18 bits per heavy atom. The topological polar surface area (TPSA) is 15.3 Å². The third-order valence-electron chi connectivity index (χ3n) is 2.98. The lowest BCUT2D eigenvalue weighted by molar-refractivity contribution is 0.211. The van der Waals surface area contributed by atoms with E-state index in [0.717, 1.165) is 13.1 Å². The maximum atomic E-state index is 3.49. The first kappa shape index (κ1) is 14.5. The lowest BCUT2D eigenvalue weighted by Gasteiger charge is -2.29. The molecule has 0 aromatic carbocycles. The van der Waals surface area contributed by atoms with Gasteiger partial charge in [-0.3, -0.25) is 0 Å². The molecule has 0 spiro atoms. The van der Waals surface area contributed by atoms with Gasteiger partial charge in [0.25, 0.3) is 0 Å². The molecular formula is C15H28N2. The van der Waals surface area contributed by atoms with Gasteiger partial charge in [0.15, 0.2) is 0 Å². The Morgan fingerprint density at radius 3 is 2.41 bits per heavy atom. The van der Waals surface area contributed by atoms with Crippen molar-refractivity contribution in [3.05, 3.63) is 0 Å². The summed E-state index contributed by atoms with van der Waals surface area (Å²) in [6.07, 6.45) is 4.16. The molecule has 1 saturated heterocycles. The highest BCUT2D eigenvalue weighted by molar-refractivity contribution is 5.08. The molecule has 0 aromatic heterocycles. The van der Waals surface area contributed by atoms with Crippen LogP contribution in [0.15, 0.2) is 0 Å². The van der Waals surface area contributed by atoms with E-state index in [4.69, 9.17) is 0 Å². The maximum Gasteiger partial charge on any atom is 0.0579 e. The molecule has 1 atom stereocenters. The van der Waals surface area contributed by atoms with E-state index >= 15 is 0 Å². The first-order chi connectivity index (χ1) is 7.97. The van der Waals surface area contributed by atoms with E-state index in [1.54, 1.807) is 0 Å². The zero-order chi connectivity index (χ0) is 12.7. The number of hydrogen-bond acceptors (Lipinski definition) is 2. The lowest BCUT2D eigenvalue weighted by atomic mass is 9.98. The summed E-state index contributed by atoms with van der Waals surface area (Å²) < 4.78 is 0. The number of rotatable bonds is 4. The van der Waals surface area contributed by atoms with Crippen LogP contribution in [-0.2, 0) is 0 Å². The molecule has 2 nitrogen and oxygen atoms in total. The quantitative estimate of drug-likeness (QED) is 0.755. The third kappa shape index (κ3) is 7.41. The van der Waals surface area contributed by atoms with Gasteiger partial charge in [-0.25, -0.2) is 0 Å². The van der Waals surface area contributed by atoms with Gasteiger partial charge in [-0.1, -0.05) is 18.3 Å². The lowest BCUT2D eigenvalue weighted by Crippen LogP contribution is -2.41. The van der Waals surface area contributed by atoms with E-state index in [9.17, 15) is 0 Å². The highest BCUT2D eigenvalue weighted by atomic mass is 15.1. The smallest absolute Gasteiger partial charge is 0.0579 e. The molecule has 0 aromatic rings. The Kier molecular flexibility index (Phi) is 6.02. The van der Waals surface area contributed by atoms with Crippen molar-refractivity contribution in [3.63, 3.8) is 0 Å². The van der Waals surface area contributed by atoms with E-state index < -0.39 is 0 Å². The molecule has 17 heavy (non-hydrogen) atoms. The second-order valence-electron chi connectivity index (χ2n) is 6.19. The van der Waals surface area contributed by atoms with Crippen LogP contribution in [0, 0.1) is 17.3 Å². The van der Waals surface area contributed by atoms with Crippen LogP contribution in [0.4, 0.5) is 0 Å². The molecule has 1 heterocycles. The Labute approximate surface area is 107 Å². The maximum absolute atomic E-state index is 3.49. The van der Waals surface area contributed by atoms with Crippen molar-refractivity contribution in [2.75, 3.05) is 26.2 Å². The number of hydrogen-bond donors (Lipinski definition) is 1. The molecule has 0 bridgehead atoms. The van der Waals surface area contributed by atoms with Gasteiger partial charge in [0.1, 0.15) is 0 Å². The summed E-state index contributed by atoms with van der Waals surface area (Å²) in [4.78, 5) is 2.57. The molecule has 0 radical (unpaired) electrons. The van der Waals surface area contributed by atoms with Crippen molar-refractivity contribution >= 4 is 0 Å². The van der Waals surface area contributed by atoms with Crippen LogP contribution in [-0.4, -0.2) is 37.1 Å². The van der Waals surface area contributed by atoms with Gasteiger partial charge in [0.2, 0.25) is 0 Å². The van der Waals surface area contributed by atoms with E-state index in [1.165, 1.54) is 32.4 Å². The fraction of sp³-hybridized carbons (Fsp3) is 0.867. The van der Waals surface area contributed by atoms with Crippen LogP contribution >= 0.6 is 0 Å². The zero-order valence-electron chi connectivity index (χ0n) is 12.0. The molecule has 2 heteroatoms. The SMILES string of the molecule is CC(CN1CCCCC1)NCC#CC(C)(C)C. The van der Waals surface area contributed by atoms with Crippen LogP contribution in [0.5, 0.6) is 0 Å². The average Bonchev–Trinajstić information content (AvgIpc) is 2.25. The summed E-state index contributed by atoms with van der Waals surface area (Å²) >= 11 is 0. The predicted molar refractivity (Wildman–Crippen MR) is 75.0 cm³/mol. The van der Waals surface area contributed by atoms with Crippen LogP contribution in [0.2, 0.25) is 0 Å². The molecule has 1 aliphatic rings. The van der Waals surface area contributed by atoms with E-state index in [0.29, 0.717) is 6.04 Å². The van der Waals surface area contributed by atoms with E-state index in [-0.39, 0.29) is 5.41 Å². The van der Waals surface area contributed by atoms with Crippen molar-refractivity contribution in [2.45, 2.75) is 53.0 Å². The molecule has 0 aliphatic carbocycles. The third-order valence-corrected chi connectivity index (χ3v) is 2.98. The number of piperidine rings is 1. The Balaban J connectivity index is 2.15. The number of nitrogens with zero attached hydrogens (tertiary/aromatic N) is 1. The first-order valence-corrected chi connectivity index (χ1v) is 6.93. The Bertz CT molecular complexity index is 261. The molecule has 1 aliphatic heterocycles. The van der Waals surface area contributed by atoms with Crippen molar-refractivity contribution in [1.29, 1.82) is 0 Å². The highest BCUT2D eigenvalue weighted by Crippen LogP contribution is 2.10. The summed E-state index contributed by atoms with van der Waals surface area (Å²) in [6, 6.07) is 0.544. The second kappa shape index (κ2) is 7.03. The Hall–Kier alpha value is -0.520. The molecule has 0 saturated carbocycles.